The zero-order chi connectivity index (χ0) is 10.7. The lowest BCUT2D eigenvalue weighted by Gasteiger charge is -2.15. The van der Waals surface area contributed by atoms with Gasteiger partial charge in [-0.1, -0.05) is 13.8 Å². The molecule has 0 amide bonds. The highest BCUT2D eigenvalue weighted by Crippen LogP contribution is 2.30. The van der Waals surface area contributed by atoms with Crippen molar-refractivity contribution in [2.45, 2.75) is 51.6 Å². The molecular formula is C12H21N3. The van der Waals surface area contributed by atoms with Crippen LogP contribution in [-0.4, -0.2) is 22.1 Å². The molecule has 0 aromatic carbocycles. The third-order valence-electron chi connectivity index (χ3n) is 3.36. The van der Waals surface area contributed by atoms with Gasteiger partial charge in [-0.05, 0) is 25.8 Å². The Morgan fingerprint density at radius 3 is 3.07 bits per heavy atom. The summed E-state index contributed by atoms with van der Waals surface area (Å²) in [5.74, 6) is 1.23. The Morgan fingerprint density at radius 1 is 1.47 bits per heavy atom. The largest absolute Gasteiger partial charge is 0.332 e. The molecule has 1 heterocycles. The van der Waals surface area contributed by atoms with Crippen molar-refractivity contribution in [2.75, 3.05) is 6.54 Å². The van der Waals surface area contributed by atoms with Crippen LogP contribution in [-0.2, 0) is 6.42 Å². The van der Waals surface area contributed by atoms with Crippen molar-refractivity contribution in [3.05, 3.63) is 18.2 Å². The van der Waals surface area contributed by atoms with Crippen LogP contribution in [0.2, 0.25) is 0 Å². The number of aromatic nitrogens is 2. The number of nitrogens with zero attached hydrogens (tertiary/aromatic N) is 2. The lowest BCUT2D eigenvalue weighted by atomic mass is 10.2. The minimum absolute atomic E-state index is 0.673. The molecule has 0 spiro atoms. The summed E-state index contributed by atoms with van der Waals surface area (Å²) in [5.41, 5.74) is 0. The predicted molar refractivity (Wildman–Crippen MR) is 62.0 cm³/mol. The van der Waals surface area contributed by atoms with Crippen LogP contribution in [0.25, 0.3) is 0 Å². The standard InChI is InChI=1S/C12H21N3/c1-3-12-14-7-8-15(12)11-6-5-10(9-11)13-4-2/h7-8,10-11,13H,3-6,9H2,1-2H3. The first-order chi connectivity index (χ1) is 7.35. The molecule has 2 unspecified atom stereocenters. The van der Waals surface area contributed by atoms with E-state index in [2.05, 4.69) is 34.9 Å². The van der Waals surface area contributed by atoms with Crippen molar-refractivity contribution in [1.82, 2.24) is 14.9 Å². The first-order valence-corrected chi connectivity index (χ1v) is 6.10. The predicted octanol–water partition coefficient (Wildman–Crippen LogP) is 2.15. The molecule has 1 aromatic heterocycles. The number of rotatable bonds is 4. The highest BCUT2D eigenvalue weighted by Gasteiger charge is 2.25. The van der Waals surface area contributed by atoms with Crippen molar-refractivity contribution in [2.24, 2.45) is 0 Å². The fraction of sp³-hybridized carbons (Fsp3) is 0.750. The van der Waals surface area contributed by atoms with Crippen LogP contribution in [0.1, 0.15) is 45.0 Å². The topological polar surface area (TPSA) is 29.9 Å². The molecule has 0 radical (unpaired) electrons. The van der Waals surface area contributed by atoms with Gasteiger partial charge in [0.25, 0.3) is 0 Å². The van der Waals surface area contributed by atoms with Crippen molar-refractivity contribution >= 4 is 0 Å². The summed E-state index contributed by atoms with van der Waals surface area (Å²) in [6, 6.07) is 1.39. The van der Waals surface area contributed by atoms with Gasteiger partial charge in [0.2, 0.25) is 0 Å². The monoisotopic (exact) mass is 207 g/mol. The normalized spacial score (nSPS) is 26.0. The summed E-state index contributed by atoms with van der Waals surface area (Å²) in [6.07, 6.45) is 8.96. The van der Waals surface area contributed by atoms with E-state index in [-0.39, 0.29) is 0 Å². The highest BCUT2D eigenvalue weighted by molar-refractivity contribution is 4.97. The van der Waals surface area contributed by atoms with E-state index < -0.39 is 0 Å². The molecule has 1 aromatic rings. The van der Waals surface area contributed by atoms with Gasteiger partial charge in [0.05, 0.1) is 0 Å². The summed E-state index contributed by atoms with van der Waals surface area (Å²) in [5, 5.41) is 3.54. The van der Waals surface area contributed by atoms with Gasteiger partial charge in [-0.15, -0.1) is 0 Å². The minimum Gasteiger partial charge on any atom is -0.332 e. The van der Waals surface area contributed by atoms with E-state index in [1.807, 2.05) is 6.20 Å². The van der Waals surface area contributed by atoms with Crippen LogP contribution in [0.3, 0.4) is 0 Å². The lowest BCUT2D eigenvalue weighted by Crippen LogP contribution is -2.26. The second-order valence-electron chi connectivity index (χ2n) is 4.33. The molecule has 2 rings (SSSR count). The molecule has 0 aliphatic heterocycles. The fourth-order valence-electron chi connectivity index (χ4n) is 2.63. The first kappa shape index (κ1) is 10.7. The summed E-state index contributed by atoms with van der Waals surface area (Å²) in [4.78, 5) is 4.39. The average Bonchev–Trinajstić information content (AvgIpc) is 2.84. The zero-order valence-electron chi connectivity index (χ0n) is 9.74. The average molecular weight is 207 g/mol. The molecule has 84 valence electrons. The second-order valence-corrected chi connectivity index (χ2v) is 4.33. The molecule has 15 heavy (non-hydrogen) atoms. The summed E-state index contributed by atoms with van der Waals surface area (Å²) in [7, 11) is 0. The van der Waals surface area contributed by atoms with Gasteiger partial charge < -0.3 is 9.88 Å². The van der Waals surface area contributed by atoms with E-state index in [0.29, 0.717) is 12.1 Å². The molecule has 0 saturated heterocycles. The van der Waals surface area contributed by atoms with Crippen LogP contribution < -0.4 is 5.32 Å². The summed E-state index contributed by atoms with van der Waals surface area (Å²) in [6.45, 7) is 5.44. The molecule has 1 saturated carbocycles. The minimum atomic E-state index is 0.673. The quantitative estimate of drug-likeness (QED) is 0.820. The van der Waals surface area contributed by atoms with Gasteiger partial charge in [0, 0.05) is 30.9 Å². The van der Waals surface area contributed by atoms with Gasteiger partial charge >= 0.3 is 0 Å². The van der Waals surface area contributed by atoms with Crippen LogP contribution in [0.4, 0.5) is 0 Å². The van der Waals surface area contributed by atoms with Crippen LogP contribution in [0.15, 0.2) is 12.4 Å². The Balaban J connectivity index is 2.01. The summed E-state index contributed by atoms with van der Waals surface area (Å²) < 4.78 is 2.37. The smallest absolute Gasteiger partial charge is 0.108 e. The third-order valence-corrected chi connectivity index (χ3v) is 3.36. The van der Waals surface area contributed by atoms with Gasteiger partial charge in [0.1, 0.15) is 5.82 Å². The van der Waals surface area contributed by atoms with Gasteiger partial charge in [-0.3, -0.25) is 0 Å². The first-order valence-electron chi connectivity index (χ1n) is 6.10. The maximum absolute atomic E-state index is 4.39. The second kappa shape index (κ2) is 4.79. The molecular weight excluding hydrogens is 186 g/mol. The number of hydrogen-bond acceptors (Lipinski definition) is 2. The Hall–Kier alpha value is -0.830. The van der Waals surface area contributed by atoms with E-state index in [0.717, 1.165) is 13.0 Å². The van der Waals surface area contributed by atoms with E-state index >= 15 is 0 Å². The molecule has 3 heteroatoms. The fourth-order valence-corrected chi connectivity index (χ4v) is 2.63. The van der Waals surface area contributed by atoms with E-state index in [1.165, 1.54) is 25.1 Å². The third kappa shape index (κ3) is 2.23. The lowest BCUT2D eigenvalue weighted by molar-refractivity contribution is 0.469. The molecule has 3 nitrogen and oxygen atoms in total. The molecule has 0 bridgehead atoms. The molecule has 1 fully saturated rings. The Morgan fingerprint density at radius 2 is 2.33 bits per heavy atom. The Bertz CT molecular complexity index is 306. The Labute approximate surface area is 91.9 Å². The highest BCUT2D eigenvalue weighted by atomic mass is 15.1. The van der Waals surface area contributed by atoms with Gasteiger partial charge in [-0.2, -0.15) is 0 Å². The van der Waals surface area contributed by atoms with Crippen molar-refractivity contribution in [3.8, 4) is 0 Å². The van der Waals surface area contributed by atoms with E-state index in [4.69, 9.17) is 0 Å². The maximum Gasteiger partial charge on any atom is 0.108 e. The SMILES string of the molecule is CCNC1CCC(n2ccnc2CC)C1. The van der Waals surface area contributed by atoms with Gasteiger partial charge in [-0.25, -0.2) is 4.98 Å². The molecule has 1 aliphatic rings. The molecule has 1 N–H and O–H groups in total. The molecule has 2 atom stereocenters. The zero-order valence-corrected chi connectivity index (χ0v) is 9.74. The molecule has 1 aliphatic carbocycles. The number of aryl methyl sites for hydroxylation is 1. The van der Waals surface area contributed by atoms with Crippen molar-refractivity contribution < 1.29 is 0 Å². The van der Waals surface area contributed by atoms with Crippen molar-refractivity contribution in [1.29, 1.82) is 0 Å². The van der Waals surface area contributed by atoms with Crippen LogP contribution >= 0.6 is 0 Å². The maximum atomic E-state index is 4.39. The van der Waals surface area contributed by atoms with Gasteiger partial charge in [0.15, 0.2) is 0 Å². The van der Waals surface area contributed by atoms with Crippen LogP contribution in [0, 0.1) is 0 Å². The van der Waals surface area contributed by atoms with E-state index in [1.54, 1.807) is 0 Å². The Kier molecular flexibility index (Phi) is 3.41. The van der Waals surface area contributed by atoms with Crippen LogP contribution in [0.5, 0.6) is 0 Å². The van der Waals surface area contributed by atoms with E-state index in [9.17, 15) is 0 Å². The number of imidazole rings is 1. The number of nitrogens with one attached hydrogen (secondary N) is 1. The van der Waals surface area contributed by atoms with Crippen molar-refractivity contribution in [3.63, 3.8) is 0 Å². The number of hydrogen-bond donors (Lipinski definition) is 1. The summed E-state index contributed by atoms with van der Waals surface area (Å²) >= 11 is 0.